The Bertz CT molecular complexity index is 643. The molecule has 0 bridgehead atoms. The summed E-state index contributed by atoms with van der Waals surface area (Å²) in [4.78, 5) is 19.1. The molecule has 0 saturated carbocycles. The van der Waals surface area contributed by atoms with E-state index in [9.17, 15) is 4.79 Å². The van der Waals surface area contributed by atoms with Crippen molar-refractivity contribution in [3.63, 3.8) is 0 Å². The van der Waals surface area contributed by atoms with E-state index in [1.165, 1.54) is 0 Å². The number of benzene rings is 1. The molecule has 1 unspecified atom stereocenters. The lowest BCUT2D eigenvalue weighted by atomic mass is 10.2. The molecule has 1 aromatic carbocycles. The lowest BCUT2D eigenvalue weighted by molar-refractivity contribution is -0.133. The summed E-state index contributed by atoms with van der Waals surface area (Å²) in [6.07, 6.45) is 0.782. The van der Waals surface area contributed by atoms with Crippen LogP contribution in [0.4, 0.5) is 5.69 Å². The van der Waals surface area contributed by atoms with Crippen molar-refractivity contribution >= 4 is 22.6 Å². The van der Waals surface area contributed by atoms with E-state index in [-0.39, 0.29) is 11.9 Å². The summed E-state index contributed by atoms with van der Waals surface area (Å²) >= 11 is 0. The van der Waals surface area contributed by atoms with E-state index >= 15 is 0 Å². The maximum absolute atomic E-state index is 12.6. The van der Waals surface area contributed by atoms with Crippen LogP contribution in [0.2, 0.25) is 0 Å². The van der Waals surface area contributed by atoms with Crippen LogP contribution in [0.1, 0.15) is 39.6 Å². The van der Waals surface area contributed by atoms with Crippen molar-refractivity contribution < 1.29 is 4.79 Å². The first-order valence-electron chi connectivity index (χ1n) is 7.58. The standard InChI is InChI=1S/C16H24N4O/c1-5-15-18-13-10-12(17)8-9-14(13)20(15)11(4)16(21)19(6-2)7-3/h8-11H,5-7,17H2,1-4H3. The predicted octanol–water partition coefficient (Wildman–Crippen LogP) is 2.61. The number of amides is 1. The third-order valence-electron chi connectivity index (χ3n) is 3.92. The molecule has 1 heterocycles. The normalized spacial score (nSPS) is 12.6. The number of aryl methyl sites for hydroxylation is 1. The minimum atomic E-state index is -0.256. The van der Waals surface area contributed by atoms with E-state index < -0.39 is 0 Å². The average Bonchev–Trinajstić information content (AvgIpc) is 2.84. The zero-order valence-corrected chi connectivity index (χ0v) is 13.3. The number of aromatic nitrogens is 2. The summed E-state index contributed by atoms with van der Waals surface area (Å²) in [7, 11) is 0. The number of nitrogens with zero attached hydrogens (tertiary/aromatic N) is 3. The van der Waals surface area contributed by atoms with Gasteiger partial charge in [0, 0.05) is 25.2 Å². The minimum absolute atomic E-state index is 0.130. The molecule has 0 aliphatic rings. The lowest BCUT2D eigenvalue weighted by Gasteiger charge is -2.25. The Hall–Kier alpha value is -2.04. The Morgan fingerprint density at radius 2 is 2.00 bits per heavy atom. The smallest absolute Gasteiger partial charge is 0.245 e. The molecule has 5 nitrogen and oxygen atoms in total. The van der Waals surface area contributed by atoms with Crippen LogP contribution in [0.15, 0.2) is 18.2 Å². The molecule has 0 radical (unpaired) electrons. The number of imidazole rings is 1. The Labute approximate surface area is 125 Å². The van der Waals surface area contributed by atoms with E-state index in [1.807, 2.05) is 48.4 Å². The first-order chi connectivity index (χ1) is 10.0. The van der Waals surface area contributed by atoms with Gasteiger partial charge in [0.1, 0.15) is 11.9 Å². The number of likely N-dealkylation sites (N-methyl/N-ethyl adjacent to an activating group) is 1. The molecule has 2 N–H and O–H groups in total. The van der Waals surface area contributed by atoms with Gasteiger partial charge in [0.2, 0.25) is 5.91 Å². The molecule has 1 amide bonds. The molecule has 0 aliphatic heterocycles. The van der Waals surface area contributed by atoms with Crippen molar-refractivity contribution in [2.24, 2.45) is 0 Å². The first kappa shape index (κ1) is 15.4. The molecular formula is C16H24N4O. The summed E-state index contributed by atoms with van der Waals surface area (Å²) in [6, 6.07) is 5.41. The fourth-order valence-corrected chi connectivity index (χ4v) is 2.76. The van der Waals surface area contributed by atoms with Crippen molar-refractivity contribution in [1.82, 2.24) is 14.5 Å². The van der Waals surface area contributed by atoms with Crippen LogP contribution in [0.3, 0.4) is 0 Å². The number of nitrogens with two attached hydrogens (primary N) is 1. The van der Waals surface area contributed by atoms with Gasteiger partial charge in [-0.25, -0.2) is 4.98 Å². The third-order valence-corrected chi connectivity index (χ3v) is 3.92. The minimum Gasteiger partial charge on any atom is -0.399 e. The van der Waals surface area contributed by atoms with Crippen molar-refractivity contribution in [2.45, 2.75) is 40.2 Å². The van der Waals surface area contributed by atoms with Crippen LogP contribution in [0.5, 0.6) is 0 Å². The molecule has 21 heavy (non-hydrogen) atoms. The van der Waals surface area contributed by atoms with E-state index in [2.05, 4.69) is 11.9 Å². The molecule has 0 fully saturated rings. The second-order valence-electron chi connectivity index (χ2n) is 5.19. The lowest BCUT2D eigenvalue weighted by Crippen LogP contribution is -2.36. The van der Waals surface area contributed by atoms with E-state index in [1.54, 1.807) is 0 Å². The Balaban J connectivity index is 2.51. The van der Waals surface area contributed by atoms with Gasteiger partial charge in [-0.15, -0.1) is 0 Å². The summed E-state index contributed by atoms with van der Waals surface area (Å²) in [5.41, 5.74) is 8.34. The maximum atomic E-state index is 12.6. The van der Waals surface area contributed by atoms with Gasteiger partial charge >= 0.3 is 0 Å². The second-order valence-corrected chi connectivity index (χ2v) is 5.19. The number of carbonyl (C=O) groups excluding carboxylic acids is 1. The number of nitrogen functional groups attached to an aromatic ring is 1. The monoisotopic (exact) mass is 288 g/mol. The van der Waals surface area contributed by atoms with Crippen molar-refractivity contribution in [3.8, 4) is 0 Å². The molecular weight excluding hydrogens is 264 g/mol. The number of hydrogen-bond acceptors (Lipinski definition) is 3. The number of carbonyl (C=O) groups is 1. The third kappa shape index (κ3) is 2.73. The van der Waals surface area contributed by atoms with Gasteiger partial charge in [-0.2, -0.15) is 0 Å². The number of hydrogen-bond donors (Lipinski definition) is 1. The molecule has 1 atom stereocenters. The van der Waals surface area contributed by atoms with Crippen LogP contribution < -0.4 is 5.73 Å². The zero-order valence-electron chi connectivity index (χ0n) is 13.3. The van der Waals surface area contributed by atoms with Crippen molar-refractivity contribution in [3.05, 3.63) is 24.0 Å². The van der Waals surface area contributed by atoms with Crippen LogP contribution in [0, 0.1) is 0 Å². The Morgan fingerprint density at radius 1 is 1.33 bits per heavy atom. The van der Waals surface area contributed by atoms with Gasteiger partial charge in [0.15, 0.2) is 0 Å². The van der Waals surface area contributed by atoms with Gasteiger partial charge in [0.25, 0.3) is 0 Å². The zero-order chi connectivity index (χ0) is 15.6. The number of fused-ring (bicyclic) bond motifs is 1. The van der Waals surface area contributed by atoms with Crippen molar-refractivity contribution in [1.29, 1.82) is 0 Å². The molecule has 114 valence electrons. The van der Waals surface area contributed by atoms with E-state index in [4.69, 9.17) is 5.73 Å². The van der Waals surface area contributed by atoms with Gasteiger partial charge in [-0.1, -0.05) is 6.92 Å². The molecule has 5 heteroatoms. The highest BCUT2D eigenvalue weighted by Gasteiger charge is 2.23. The van der Waals surface area contributed by atoms with Crippen LogP contribution in [-0.4, -0.2) is 33.4 Å². The topological polar surface area (TPSA) is 64.1 Å². The first-order valence-corrected chi connectivity index (χ1v) is 7.58. The highest BCUT2D eigenvalue weighted by Crippen LogP contribution is 2.24. The van der Waals surface area contributed by atoms with Gasteiger partial charge in [-0.3, -0.25) is 4.79 Å². The molecule has 1 aromatic heterocycles. The fraction of sp³-hybridized carbons (Fsp3) is 0.500. The SMILES string of the molecule is CCc1nc2cc(N)ccc2n1C(C)C(=O)N(CC)CC. The van der Waals surface area contributed by atoms with E-state index in [0.29, 0.717) is 5.69 Å². The number of rotatable bonds is 5. The van der Waals surface area contributed by atoms with Crippen LogP contribution >= 0.6 is 0 Å². The maximum Gasteiger partial charge on any atom is 0.245 e. The second kappa shape index (κ2) is 6.16. The van der Waals surface area contributed by atoms with Gasteiger partial charge in [0.05, 0.1) is 11.0 Å². The Kier molecular flexibility index (Phi) is 4.50. The molecule has 0 spiro atoms. The summed E-state index contributed by atoms with van der Waals surface area (Å²) in [6.45, 7) is 9.44. The molecule has 0 aliphatic carbocycles. The van der Waals surface area contributed by atoms with E-state index in [0.717, 1.165) is 36.4 Å². The van der Waals surface area contributed by atoms with Gasteiger partial charge in [-0.05, 0) is 39.0 Å². The predicted molar refractivity (Wildman–Crippen MR) is 86.2 cm³/mol. The average molecular weight is 288 g/mol. The molecule has 2 aromatic rings. The highest BCUT2D eigenvalue weighted by molar-refractivity contribution is 5.85. The Morgan fingerprint density at radius 3 is 2.57 bits per heavy atom. The fourth-order valence-electron chi connectivity index (χ4n) is 2.76. The summed E-state index contributed by atoms with van der Waals surface area (Å²) in [5.74, 6) is 1.05. The van der Waals surface area contributed by atoms with Gasteiger partial charge < -0.3 is 15.2 Å². The largest absolute Gasteiger partial charge is 0.399 e. The highest BCUT2D eigenvalue weighted by atomic mass is 16.2. The van der Waals surface area contributed by atoms with Crippen LogP contribution in [0.25, 0.3) is 11.0 Å². The molecule has 0 saturated heterocycles. The molecule has 2 rings (SSSR count). The summed E-state index contributed by atoms with van der Waals surface area (Å²) in [5, 5.41) is 0. The summed E-state index contributed by atoms with van der Waals surface area (Å²) < 4.78 is 2.04. The van der Waals surface area contributed by atoms with Crippen molar-refractivity contribution in [2.75, 3.05) is 18.8 Å². The number of anilines is 1. The van der Waals surface area contributed by atoms with Crippen LogP contribution in [-0.2, 0) is 11.2 Å². The quantitative estimate of drug-likeness (QED) is 0.860.